The summed E-state index contributed by atoms with van der Waals surface area (Å²) in [7, 11) is 0. The maximum absolute atomic E-state index is 13.8. The average molecular weight is 329 g/mol. The largest absolute Gasteiger partial charge is 0.469 e. The molecule has 0 N–H and O–H groups in total. The molecule has 0 amide bonds. The van der Waals surface area contributed by atoms with Gasteiger partial charge >= 0.3 is 0 Å². The van der Waals surface area contributed by atoms with Crippen molar-refractivity contribution in [2.24, 2.45) is 0 Å². The van der Waals surface area contributed by atoms with Crippen LogP contribution in [0.25, 0.3) is 0 Å². The molecule has 2 aromatic rings. The van der Waals surface area contributed by atoms with Crippen molar-refractivity contribution >= 4 is 0 Å². The molecule has 4 rings (SSSR count). The van der Waals surface area contributed by atoms with Gasteiger partial charge in [-0.1, -0.05) is 0 Å². The fourth-order valence-corrected chi connectivity index (χ4v) is 3.64. The van der Waals surface area contributed by atoms with Gasteiger partial charge in [0.2, 0.25) is 0 Å². The predicted octanol–water partition coefficient (Wildman–Crippen LogP) is 2.43. The summed E-state index contributed by atoms with van der Waals surface area (Å²) in [6.07, 6.45) is 6.81. The second kappa shape index (κ2) is 6.83. The van der Waals surface area contributed by atoms with Gasteiger partial charge in [-0.3, -0.25) is 9.88 Å². The fraction of sp³-hybridized carbons (Fsp3) is 0.444. The van der Waals surface area contributed by atoms with Gasteiger partial charge in [0.1, 0.15) is 12.2 Å². The second-order valence-corrected chi connectivity index (χ2v) is 6.25. The minimum absolute atomic E-state index is 0.0398. The van der Waals surface area contributed by atoms with Gasteiger partial charge in [0.05, 0.1) is 6.61 Å². The lowest BCUT2D eigenvalue weighted by Gasteiger charge is -2.39. The fourth-order valence-electron chi connectivity index (χ4n) is 3.64. The van der Waals surface area contributed by atoms with Gasteiger partial charge < -0.3 is 9.47 Å². The van der Waals surface area contributed by atoms with E-state index in [1.165, 1.54) is 11.6 Å². The number of halogens is 1. The van der Waals surface area contributed by atoms with Gasteiger partial charge in [-0.05, 0) is 42.7 Å². The second-order valence-electron chi connectivity index (χ2n) is 6.25. The van der Waals surface area contributed by atoms with E-state index in [1.807, 2.05) is 24.5 Å². The summed E-state index contributed by atoms with van der Waals surface area (Å²) >= 11 is 0. The van der Waals surface area contributed by atoms with Crippen LogP contribution in [0, 0.1) is 5.82 Å². The average Bonchev–Trinajstić information content (AvgIpc) is 3.02. The molecule has 0 aromatic carbocycles. The first kappa shape index (κ1) is 15.5. The first-order valence-corrected chi connectivity index (χ1v) is 8.33. The number of morpholine rings is 1. The van der Waals surface area contributed by atoms with Crippen molar-refractivity contribution in [1.82, 2.24) is 14.9 Å². The van der Waals surface area contributed by atoms with E-state index in [1.54, 1.807) is 12.3 Å². The lowest BCUT2D eigenvalue weighted by molar-refractivity contribution is -0.0927. The standard InChI is InChI=1S/C18H20FN3O2/c19-14-2-1-7-21-18(14)24-16-4-3-15-17(16)23-11-10-22(15)12-13-5-8-20-9-6-13/h1-2,5-9,15-17H,3-4,10-12H2/t15-,16+,17+/m0/s1. The first-order valence-electron chi connectivity index (χ1n) is 8.33. The van der Waals surface area contributed by atoms with Crippen molar-refractivity contribution in [2.75, 3.05) is 13.2 Å². The Balaban J connectivity index is 1.45. The van der Waals surface area contributed by atoms with E-state index in [-0.39, 0.29) is 18.1 Å². The normalized spacial score (nSPS) is 27.0. The highest BCUT2D eigenvalue weighted by molar-refractivity contribution is 5.15. The van der Waals surface area contributed by atoms with Crippen LogP contribution >= 0.6 is 0 Å². The molecule has 1 saturated carbocycles. The van der Waals surface area contributed by atoms with Crippen molar-refractivity contribution in [2.45, 2.75) is 37.6 Å². The topological polar surface area (TPSA) is 47.5 Å². The molecule has 2 fully saturated rings. The maximum Gasteiger partial charge on any atom is 0.250 e. The van der Waals surface area contributed by atoms with Crippen molar-refractivity contribution in [1.29, 1.82) is 0 Å². The number of hydrogen-bond donors (Lipinski definition) is 0. The SMILES string of the molecule is Fc1cccnc1O[C@@H]1CC[C@H]2[C@H]1OCCN2Cc1ccncc1. The Morgan fingerprint density at radius 1 is 1.21 bits per heavy atom. The van der Waals surface area contributed by atoms with Crippen LogP contribution in [0.1, 0.15) is 18.4 Å². The molecule has 3 heterocycles. The third-order valence-corrected chi connectivity index (χ3v) is 4.77. The number of fused-ring (bicyclic) bond motifs is 1. The monoisotopic (exact) mass is 329 g/mol. The molecule has 3 atom stereocenters. The van der Waals surface area contributed by atoms with E-state index in [2.05, 4.69) is 14.9 Å². The van der Waals surface area contributed by atoms with E-state index >= 15 is 0 Å². The van der Waals surface area contributed by atoms with E-state index in [9.17, 15) is 4.39 Å². The predicted molar refractivity (Wildman–Crippen MR) is 86.0 cm³/mol. The van der Waals surface area contributed by atoms with Crippen LogP contribution in [0.3, 0.4) is 0 Å². The number of pyridine rings is 2. The van der Waals surface area contributed by atoms with Gasteiger partial charge in [-0.25, -0.2) is 9.37 Å². The molecule has 1 aliphatic carbocycles. The number of nitrogens with zero attached hydrogens (tertiary/aromatic N) is 3. The molecule has 1 aliphatic heterocycles. The lowest BCUT2D eigenvalue weighted by atomic mass is 10.1. The van der Waals surface area contributed by atoms with E-state index in [4.69, 9.17) is 9.47 Å². The zero-order valence-electron chi connectivity index (χ0n) is 13.3. The number of hydrogen-bond acceptors (Lipinski definition) is 5. The van der Waals surface area contributed by atoms with Gasteiger partial charge in [-0.2, -0.15) is 0 Å². The molecule has 2 aromatic heterocycles. The van der Waals surface area contributed by atoms with Crippen LogP contribution in [0.15, 0.2) is 42.9 Å². The smallest absolute Gasteiger partial charge is 0.250 e. The van der Waals surface area contributed by atoms with Gasteiger partial charge in [0.15, 0.2) is 5.82 Å². The Labute approximate surface area is 140 Å². The minimum atomic E-state index is -0.426. The molecule has 0 unspecified atom stereocenters. The Hall–Kier alpha value is -2.05. The van der Waals surface area contributed by atoms with E-state index < -0.39 is 5.82 Å². The molecule has 0 bridgehead atoms. The molecule has 6 heteroatoms. The summed E-state index contributed by atoms with van der Waals surface area (Å²) in [6, 6.07) is 7.30. The Morgan fingerprint density at radius 3 is 2.92 bits per heavy atom. The summed E-state index contributed by atoms with van der Waals surface area (Å²) in [4.78, 5) is 10.5. The highest BCUT2D eigenvalue weighted by Gasteiger charge is 2.44. The van der Waals surface area contributed by atoms with E-state index in [0.717, 1.165) is 25.9 Å². The molecule has 0 spiro atoms. The van der Waals surface area contributed by atoms with Gasteiger partial charge in [-0.15, -0.1) is 0 Å². The Bertz CT molecular complexity index is 685. The molecule has 126 valence electrons. The van der Waals surface area contributed by atoms with Gasteiger partial charge in [0, 0.05) is 37.7 Å². The summed E-state index contributed by atoms with van der Waals surface area (Å²) in [5.74, 6) is -0.358. The van der Waals surface area contributed by atoms with Crippen LogP contribution in [0.5, 0.6) is 5.88 Å². The summed E-state index contributed by atoms with van der Waals surface area (Å²) in [5, 5.41) is 0. The van der Waals surface area contributed by atoms with Crippen LogP contribution in [-0.4, -0.2) is 46.3 Å². The maximum atomic E-state index is 13.8. The molecule has 0 radical (unpaired) electrons. The highest BCUT2D eigenvalue weighted by atomic mass is 19.1. The third kappa shape index (κ3) is 3.12. The Kier molecular flexibility index (Phi) is 4.40. The minimum Gasteiger partial charge on any atom is -0.469 e. The van der Waals surface area contributed by atoms with Crippen molar-refractivity contribution in [3.05, 3.63) is 54.2 Å². The molecule has 1 saturated heterocycles. The third-order valence-electron chi connectivity index (χ3n) is 4.77. The van der Waals surface area contributed by atoms with Crippen LogP contribution < -0.4 is 4.74 Å². The number of ether oxygens (including phenoxy) is 2. The lowest BCUT2D eigenvalue weighted by Crippen LogP contribution is -2.51. The van der Waals surface area contributed by atoms with E-state index in [0.29, 0.717) is 12.6 Å². The first-order chi connectivity index (χ1) is 11.8. The summed E-state index contributed by atoms with van der Waals surface area (Å²) < 4.78 is 25.6. The molecule has 2 aliphatic rings. The van der Waals surface area contributed by atoms with Crippen molar-refractivity contribution in [3.8, 4) is 5.88 Å². The Morgan fingerprint density at radius 2 is 2.08 bits per heavy atom. The van der Waals surface area contributed by atoms with Crippen LogP contribution in [0.2, 0.25) is 0 Å². The zero-order valence-corrected chi connectivity index (χ0v) is 13.3. The number of rotatable bonds is 4. The van der Waals surface area contributed by atoms with Crippen LogP contribution in [0.4, 0.5) is 4.39 Å². The molecular weight excluding hydrogens is 309 g/mol. The van der Waals surface area contributed by atoms with Crippen LogP contribution in [-0.2, 0) is 11.3 Å². The number of aromatic nitrogens is 2. The quantitative estimate of drug-likeness (QED) is 0.862. The molecular formula is C18H20FN3O2. The van der Waals surface area contributed by atoms with Crippen molar-refractivity contribution < 1.29 is 13.9 Å². The molecule has 5 nitrogen and oxygen atoms in total. The van der Waals surface area contributed by atoms with Gasteiger partial charge in [0.25, 0.3) is 5.88 Å². The summed E-state index contributed by atoms with van der Waals surface area (Å²) in [6.45, 7) is 2.43. The zero-order chi connectivity index (χ0) is 16.4. The van der Waals surface area contributed by atoms with Crippen molar-refractivity contribution in [3.63, 3.8) is 0 Å². The molecule has 24 heavy (non-hydrogen) atoms. The highest BCUT2D eigenvalue weighted by Crippen LogP contribution is 2.33. The summed E-state index contributed by atoms with van der Waals surface area (Å²) in [5.41, 5.74) is 1.24.